The Bertz CT molecular complexity index is 591. The molecular formula is C14H19N3O2. The Hall–Kier alpha value is -2.01. The van der Waals surface area contributed by atoms with E-state index in [1.807, 2.05) is 36.9 Å². The minimum Gasteiger partial charge on any atom is -0.493 e. The van der Waals surface area contributed by atoms with Crippen molar-refractivity contribution in [1.29, 1.82) is 0 Å². The quantitative estimate of drug-likeness (QED) is 0.912. The average Bonchev–Trinajstić information content (AvgIpc) is 2.73. The van der Waals surface area contributed by atoms with E-state index in [9.17, 15) is 0 Å². The molecule has 0 atom stereocenters. The monoisotopic (exact) mass is 261 g/mol. The molecule has 1 heterocycles. The van der Waals surface area contributed by atoms with Crippen molar-refractivity contribution >= 4 is 0 Å². The number of hydrogen-bond donors (Lipinski definition) is 1. The van der Waals surface area contributed by atoms with Crippen LogP contribution in [0.15, 0.2) is 18.2 Å². The highest BCUT2D eigenvalue weighted by molar-refractivity contribution is 5.71. The summed E-state index contributed by atoms with van der Waals surface area (Å²) in [5.74, 6) is 1.41. The number of nitrogens with two attached hydrogens (primary N) is 1. The number of benzene rings is 1. The third-order valence-electron chi connectivity index (χ3n) is 3.27. The van der Waals surface area contributed by atoms with E-state index in [2.05, 4.69) is 5.10 Å². The lowest BCUT2D eigenvalue weighted by atomic mass is 10.0. The predicted molar refractivity (Wildman–Crippen MR) is 74.4 cm³/mol. The fourth-order valence-corrected chi connectivity index (χ4v) is 2.19. The van der Waals surface area contributed by atoms with Gasteiger partial charge in [0, 0.05) is 24.8 Å². The Balaban J connectivity index is 2.59. The summed E-state index contributed by atoms with van der Waals surface area (Å²) >= 11 is 0. The molecular weight excluding hydrogens is 242 g/mol. The van der Waals surface area contributed by atoms with E-state index in [0.717, 1.165) is 22.5 Å². The summed E-state index contributed by atoms with van der Waals surface area (Å²) in [6.07, 6.45) is 0. The maximum Gasteiger partial charge on any atom is 0.161 e. The van der Waals surface area contributed by atoms with Crippen molar-refractivity contribution in [1.82, 2.24) is 9.78 Å². The number of aromatic nitrogens is 2. The van der Waals surface area contributed by atoms with E-state index in [1.165, 1.54) is 0 Å². The lowest BCUT2D eigenvalue weighted by Gasteiger charge is -2.10. The summed E-state index contributed by atoms with van der Waals surface area (Å²) in [6, 6.07) is 5.83. The van der Waals surface area contributed by atoms with Crippen LogP contribution in [0.1, 0.15) is 11.4 Å². The molecule has 0 amide bonds. The summed E-state index contributed by atoms with van der Waals surface area (Å²) < 4.78 is 12.4. The van der Waals surface area contributed by atoms with Crippen LogP contribution >= 0.6 is 0 Å². The van der Waals surface area contributed by atoms with Crippen LogP contribution in [0.25, 0.3) is 11.1 Å². The summed E-state index contributed by atoms with van der Waals surface area (Å²) in [4.78, 5) is 0. The zero-order valence-electron chi connectivity index (χ0n) is 11.7. The molecule has 0 aliphatic carbocycles. The second kappa shape index (κ2) is 5.32. The van der Waals surface area contributed by atoms with Crippen molar-refractivity contribution in [2.75, 3.05) is 14.2 Å². The number of ether oxygens (including phenoxy) is 2. The maximum absolute atomic E-state index is 5.77. The average molecular weight is 261 g/mol. The summed E-state index contributed by atoms with van der Waals surface area (Å²) in [5, 5.41) is 4.42. The number of rotatable bonds is 4. The maximum atomic E-state index is 5.77. The van der Waals surface area contributed by atoms with Gasteiger partial charge in [-0.25, -0.2) is 0 Å². The van der Waals surface area contributed by atoms with Gasteiger partial charge in [0.1, 0.15) is 0 Å². The van der Waals surface area contributed by atoms with Gasteiger partial charge in [-0.1, -0.05) is 6.07 Å². The first-order valence-corrected chi connectivity index (χ1v) is 6.07. The second-order valence-corrected chi connectivity index (χ2v) is 4.30. The van der Waals surface area contributed by atoms with Crippen LogP contribution in [0.4, 0.5) is 0 Å². The standard InChI is InChI=1S/C14H19N3O2/c1-9-14(11(8-15)16-17(9)2)10-5-6-12(18-3)13(7-10)19-4/h5-7H,8,15H2,1-4H3. The van der Waals surface area contributed by atoms with Crippen molar-refractivity contribution in [3.63, 3.8) is 0 Å². The van der Waals surface area contributed by atoms with E-state index in [-0.39, 0.29) is 0 Å². The van der Waals surface area contributed by atoms with Crippen LogP contribution in [-0.4, -0.2) is 24.0 Å². The molecule has 0 saturated heterocycles. The minimum atomic E-state index is 0.408. The summed E-state index contributed by atoms with van der Waals surface area (Å²) in [5.41, 5.74) is 9.82. The van der Waals surface area contributed by atoms with Crippen molar-refractivity contribution in [2.45, 2.75) is 13.5 Å². The Morgan fingerprint density at radius 1 is 1.21 bits per heavy atom. The van der Waals surface area contributed by atoms with Crippen LogP contribution in [-0.2, 0) is 13.6 Å². The predicted octanol–water partition coefficient (Wildman–Crippen LogP) is 1.87. The van der Waals surface area contributed by atoms with E-state index < -0.39 is 0 Å². The van der Waals surface area contributed by atoms with Gasteiger partial charge in [-0.3, -0.25) is 4.68 Å². The van der Waals surface area contributed by atoms with Crippen LogP contribution in [0.5, 0.6) is 11.5 Å². The van der Waals surface area contributed by atoms with E-state index >= 15 is 0 Å². The zero-order valence-corrected chi connectivity index (χ0v) is 11.7. The van der Waals surface area contributed by atoms with Crippen LogP contribution in [0.3, 0.4) is 0 Å². The van der Waals surface area contributed by atoms with Gasteiger partial charge < -0.3 is 15.2 Å². The number of hydrogen-bond acceptors (Lipinski definition) is 4. The van der Waals surface area contributed by atoms with Crippen LogP contribution < -0.4 is 15.2 Å². The van der Waals surface area contributed by atoms with Gasteiger partial charge in [0.05, 0.1) is 19.9 Å². The van der Waals surface area contributed by atoms with Gasteiger partial charge in [0.15, 0.2) is 11.5 Å². The molecule has 2 rings (SSSR count). The van der Waals surface area contributed by atoms with E-state index in [1.54, 1.807) is 14.2 Å². The molecule has 0 unspecified atom stereocenters. The fourth-order valence-electron chi connectivity index (χ4n) is 2.19. The lowest BCUT2D eigenvalue weighted by Crippen LogP contribution is -2.00. The first-order valence-electron chi connectivity index (χ1n) is 6.07. The molecule has 19 heavy (non-hydrogen) atoms. The third-order valence-corrected chi connectivity index (χ3v) is 3.27. The molecule has 0 spiro atoms. The number of nitrogens with zero attached hydrogens (tertiary/aromatic N) is 2. The SMILES string of the molecule is COc1ccc(-c2c(CN)nn(C)c2C)cc1OC. The Morgan fingerprint density at radius 3 is 2.47 bits per heavy atom. The van der Waals surface area contributed by atoms with E-state index in [0.29, 0.717) is 18.0 Å². The molecule has 1 aromatic carbocycles. The highest BCUT2D eigenvalue weighted by Crippen LogP contribution is 2.34. The summed E-state index contributed by atoms with van der Waals surface area (Å²) in [6.45, 7) is 2.43. The van der Waals surface area contributed by atoms with Crippen molar-refractivity contribution < 1.29 is 9.47 Å². The Labute approximate surface area is 112 Å². The smallest absolute Gasteiger partial charge is 0.161 e. The topological polar surface area (TPSA) is 62.3 Å². The normalized spacial score (nSPS) is 10.6. The highest BCUT2D eigenvalue weighted by Gasteiger charge is 2.15. The molecule has 0 aliphatic rings. The molecule has 1 aromatic heterocycles. The molecule has 2 aromatic rings. The first-order chi connectivity index (χ1) is 9.12. The van der Waals surface area contributed by atoms with Crippen molar-refractivity contribution in [2.24, 2.45) is 12.8 Å². The largest absolute Gasteiger partial charge is 0.493 e. The molecule has 5 heteroatoms. The van der Waals surface area contributed by atoms with E-state index in [4.69, 9.17) is 15.2 Å². The van der Waals surface area contributed by atoms with Gasteiger partial charge in [0.25, 0.3) is 0 Å². The zero-order chi connectivity index (χ0) is 14.0. The van der Waals surface area contributed by atoms with Crippen molar-refractivity contribution in [3.05, 3.63) is 29.6 Å². The Kier molecular flexibility index (Phi) is 3.76. The lowest BCUT2D eigenvalue weighted by molar-refractivity contribution is 0.355. The van der Waals surface area contributed by atoms with Gasteiger partial charge >= 0.3 is 0 Å². The van der Waals surface area contributed by atoms with Gasteiger partial charge in [-0.15, -0.1) is 0 Å². The molecule has 0 bridgehead atoms. The highest BCUT2D eigenvalue weighted by atomic mass is 16.5. The molecule has 0 saturated carbocycles. The van der Waals surface area contributed by atoms with Gasteiger partial charge in [-0.2, -0.15) is 5.10 Å². The molecule has 0 aliphatic heterocycles. The molecule has 5 nitrogen and oxygen atoms in total. The number of methoxy groups -OCH3 is 2. The third kappa shape index (κ3) is 2.29. The van der Waals surface area contributed by atoms with Crippen molar-refractivity contribution in [3.8, 4) is 22.6 Å². The van der Waals surface area contributed by atoms with Gasteiger partial charge in [-0.05, 0) is 24.6 Å². The molecule has 2 N–H and O–H groups in total. The second-order valence-electron chi connectivity index (χ2n) is 4.30. The minimum absolute atomic E-state index is 0.408. The Morgan fingerprint density at radius 2 is 1.89 bits per heavy atom. The first kappa shape index (κ1) is 13.4. The molecule has 0 radical (unpaired) electrons. The summed E-state index contributed by atoms with van der Waals surface area (Å²) in [7, 11) is 5.17. The molecule has 0 fully saturated rings. The fraction of sp³-hybridized carbons (Fsp3) is 0.357. The number of aryl methyl sites for hydroxylation is 1. The van der Waals surface area contributed by atoms with Crippen LogP contribution in [0, 0.1) is 6.92 Å². The van der Waals surface area contributed by atoms with Crippen LogP contribution in [0.2, 0.25) is 0 Å². The molecule has 102 valence electrons. The van der Waals surface area contributed by atoms with Gasteiger partial charge in [0.2, 0.25) is 0 Å².